The van der Waals surface area contributed by atoms with Gasteiger partial charge in [-0.15, -0.1) is 0 Å². The molecule has 2 aromatic heterocycles. The maximum Gasteiger partial charge on any atom is 0.418 e. The number of carbonyl (C=O) groups excluding carboxylic acids is 1. The lowest BCUT2D eigenvalue weighted by Crippen LogP contribution is -2.44. The van der Waals surface area contributed by atoms with E-state index in [1.807, 2.05) is 4.90 Å². The number of alkyl halides is 5. The summed E-state index contributed by atoms with van der Waals surface area (Å²) in [5.41, 5.74) is -1.82. The highest BCUT2D eigenvalue weighted by Gasteiger charge is 2.37. The molecule has 0 bridgehead atoms. The number of piperazine rings is 1. The number of carbonyl (C=O) groups is 1. The van der Waals surface area contributed by atoms with Crippen molar-refractivity contribution in [1.82, 2.24) is 15.3 Å². The lowest BCUT2D eigenvalue weighted by Gasteiger charge is -2.29. The molecule has 0 saturated carbocycles. The number of hydrogen-bond acceptors (Lipinski definition) is 5. The van der Waals surface area contributed by atoms with E-state index in [9.17, 15) is 26.7 Å². The van der Waals surface area contributed by atoms with Gasteiger partial charge in [-0.1, -0.05) is 20.8 Å². The van der Waals surface area contributed by atoms with Crippen LogP contribution in [0.25, 0.3) is 11.3 Å². The van der Waals surface area contributed by atoms with Crippen molar-refractivity contribution in [3.05, 3.63) is 35.5 Å². The lowest BCUT2D eigenvalue weighted by atomic mass is 9.92. The summed E-state index contributed by atoms with van der Waals surface area (Å²) in [6.07, 6.45) is -5.97. The first kappa shape index (κ1) is 25.8. The summed E-state index contributed by atoms with van der Waals surface area (Å²) in [7, 11) is 0. The molecule has 0 aromatic carbocycles. The molecule has 3 heterocycles. The first-order chi connectivity index (χ1) is 16.0. The third kappa shape index (κ3) is 5.63. The molecule has 2 atom stereocenters. The molecule has 34 heavy (non-hydrogen) atoms. The van der Waals surface area contributed by atoms with E-state index in [0.29, 0.717) is 38.4 Å². The lowest BCUT2D eigenvalue weighted by molar-refractivity contribution is -0.137. The van der Waals surface area contributed by atoms with Crippen LogP contribution in [-0.2, 0) is 11.0 Å². The molecule has 0 aliphatic carbocycles. The quantitative estimate of drug-likeness (QED) is 0.545. The number of rotatable bonds is 7. The molecule has 11 heteroatoms. The van der Waals surface area contributed by atoms with Crippen molar-refractivity contribution in [1.29, 1.82) is 0 Å². The Morgan fingerprint density at radius 1 is 1.18 bits per heavy atom. The van der Waals surface area contributed by atoms with Crippen molar-refractivity contribution < 1.29 is 26.7 Å². The minimum atomic E-state index is -4.76. The number of nitrogens with zero attached hydrogens (tertiary/aromatic N) is 3. The second kappa shape index (κ2) is 10.6. The molecule has 1 amide bonds. The normalized spacial score (nSPS) is 16.4. The van der Waals surface area contributed by atoms with Crippen molar-refractivity contribution in [3.8, 4) is 11.3 Å². The van der Waals surface area contributed by atoms with Gasteiger partial charge in [-0.3, -0.25) is 4.79 Å². The average molecular weight is 486 g/mol. The van der Waals surface area contributed by atoms with Crippen LogP contribution in [0.1, 0.15) is 44.2 Å². The van der Waals surface area contributed by atoms with Crippen LogP contribution >= 0.6 is 0 Å². The minimum absolute atomic E-state index is 0.133. The van der Waals surface area contributed by atoms with E-state index in [-0.39, 0.29) is 16.9 Å². The fourth-order valence-electron chi connectivity index (χ4n) is 3.74. The zero-order valence-corrected chi connectivity index (χ0v) is 19.2. The van der Waals surface area contributed by atoms with Gasteiger partial charge in [-0.2, -0.15) is 13.2 Å². The zero-order chi connectivity index (χ0) is 25.0. The van der Waals surface area contributed by atoms with Crippen molar-refractivity contribution in [3.63, 3.8) is 0 Å². The van der Waals surface area contributed by atoms with E-state index in [0.717, 1.165) is 6.07 Å². The van der Waals surface area contributed by atoms with Gasteiger partial charge in [-0.25, -0.2) is 18.7 Å². The molecule has 0 spiro atoms. The standard InChI is InChI=1S/C23H28F5N5O/c1-4-13(2)22(34)32-21-18(14(3)20(24)25)15(7-8-30-21)19-16(23(26,27)28)5-6-17(31-19)33-11-9-29-10-12-33/h5-8,13-14,20,29H,4,9-12H2,1-3H3,(H,30,32,34). The average Bonchev–Trinajstić information content (AvgIpc) is 2.82. The SMILES string of the molecule is CCC(C)C(=O)Nc1nccc(-c2nc(N3CCNCC3)ccc2C(F)(F)F)c1C(C)C(F)F. The van der Waals surface area contributed by atoms with Crippen LogP contribution in [0.3, 0.4) is 0 Å². The Hall–Kier alpha value is -2.82. The van der Waals surface area contributed by atoms with Crippen molar-refractivity contribution in [2.24, 2.45) is 5.92 Å². The Labute approximate surface area is 195 Å². The van der Waals surface area contributed by atoms with Crippen LogP contribution in [0.2, 0.25) is 0 Å². The number of halogens is 5. The summed E-state index contributed by atoms with van der Waals surface area (Å²) in [4.78, 5) is 22.6. The second-order valence-corrected chi connectivity index (χ2v) is 8.34. The number of amides is 1. The smallest absolute Gasteiger partial charge is 0.354 e. The fourth-order valence-corrected chi connectivity index (χ4v) is 3.74. The second-order valence-electron chi connectivity index (χ2n) is 8.34. The van der Waals surface area contributed by atoms with Gasteiger partial charge in [-0.05, 0) is 24.6 Å². The van der Waals surface area contributed by atoms with Gasteiger partial charge in [0.2, 0.25) is 12.3 Å². The predicted molar refractivity (Wildman–Crippen MR) is 120 cm³/mol. The molecule has 0 radical (unpaired) electrons. The molecule has 6 nitrogen and oxygen atoms in total. The molecule has 1 aliphatic rings. The van der Waals surface area contributed by atoms with E-state index in [1.54, 1.807) is 13.8 Å². The number of anilines is 2. The van der Waals surface area contributed by atoms with Crippen LogP contribution < -0.4 is 15.5 Å². The van der Waals surface area contributed by atoms with Crippen LogP contribution in [0.5, 0.6) is 0 Å². The summed E-state index contributed by atoms with van der Waals surface area (Å²) in [5, 5.41) is 5.69. The van der Waals surface area contributed by atoms with Gasteiger partial charge in [0, 0.05) is 55.3 Å². The molecule has 1 fully saturated rings. The minimum Gasteiger partial charge on any atom is -0.354 e. The summed E-state index contributed by atoms with van der Waals surface area (Å²) < 4.78 is 69.6. The van der Waals surface area contributed by atoms with E-state index in [1.165, 1.54) is 25.3 Å². The molecule has 3 rings (SSSR count). The Bertz CT molecular complexity index is 1010. The maximum atomic E-state index is 14.0. The van der Waals surface area contributed by atoms with Crippen LogP contribution in [0.15, 0.2) is 24.4 Å². The monoisotopic (exact) mass is 485 g/mol. The maximum absolute atomic E-state index is 14.0. The number of hydrogen-bond donors (Lipinski definition) is 2. The zero-order valence-electron chi connectivity index (χ0n) is 19.2. The van der Waals surface area contributed by atoms with Gasteiger partial charge >= 0.3 is 6.18 Å². The van der Waals surface area contributed by atoms with Crippen molar-refractivity contribution in [2.75, 3.05) is 36.4 Å². The topological polar surface area (TPSA) is 70.2 Å². The largest absolute Gasteiger partial charge is 0.418 e. The van der Waals surface area contributed by atoms with Gasteiger partial charge in [0.25, 0.3) is 0 Å². The first-order valence-electron chi connectivity index (χ1n) is 11.2. The van der Waals surface area contributed by atoms with Crippen LogP contribution in [0, 0.1) is 5.92 Å². The number of pyridine rings is 2. The molecule has 1 aliphatic heterocycles. The molecular formula is C23H28F5N5O. The molecular weight excluding hydrogens is 457 g/mol. The molecule has 2 unspecified atom stereocenters. The Balaban J connectivity index is 2.22. The summed E-state index contributed by atoms with van der Waals surface area (Å²) in [5.74, 6) is -2.24. The Kier molecular flexibility index (Phi) is 8.06. The van der Waals surface area contributed by atoms with E-state index >= 15 is 0 Å². The van der Waals surface area contributed by atoms with Crippen molar-refractivity contribution in [2.45, 2.75) is 45.7 Å². The molecule has 186 valence electrons. The summed E-state index contributed by atoms with van der Waals surface area (Å²) in [6, 6.07) is 3.46. The third-order valence-corrected chi connectivity index (χ3v) is 6.01. The van der Waals surface area contributed by atoms with Crippen molar-refractivity contribution >= 4 is 17.5 Å². The van der Waals surface area contributed by atoms with Crippen LogP contribution in [0.4, 0.5) is 33.6 Å². The predicted octanol–water partition coefficient (Wildman–Crippen LogP) is 4.93. The highest BCUT2D eigenvalue weighted by molar-refractivity contribution is 5.93. The van der Waals surface area contributed by atoms with E-state index in [2.05, 4.69) is 20.6 Å². The highest BCUT2D eigenvalue weighted by Crippen LogP contribution is 2.42. The van der Waals surface area contributed by atoms with Gasteiger partial charge in [0.1, 0.15) is 11.6 Å². The van der Waals surface area contributed by atoms with E-state index in [4.69, 9.17) is 0 Å². The fraction of sp³-hybridized carbons (Fsp3) is 0.522. The highest BCUT2D eigenvalue weighted by atomic mass is 19.4. The number of nitrogens with one attached hydrogen (secondary N) is 2. The van der Waals surface area contributed by atoms with Gasteiger partial charge in [0.05, 0.1) is 11.3 Å². The molecule has 2 N–H and O–H groups in total. The summed E-state index contributed by atoms with van der Waals surface area (Å²) >= 11 is 0. The number of aromatic nitrogens is 2. The Morgan fingerprint density at radius 3 is 2.44 bits per heavy atom. The summed E-state index contributed by atoms with van der Waals surface area (Å²) in [6.45, 7) is 7.03. The van der Waals surface area contributed by atoms with Gasteiger partial charge < -0.3 is 15.5 Å². The first-order valence-corrected chi connectivity index (χ1v) is 11.2. The van der Waals surface area contributed by atoms with E-state index < -0.39 is 41.6 Å². The molecule has 1 saturated heterocycles. The van der Waals surface area contributed by atoms with Crippen LogP contribution in [-0.4, -0.2) is 48.5 Å². The third-order valence-electron chi connectivity index (χ3n) is 6.01. The Morgan fingerprint density at radius 2 is 1.85 bits per heavy atom. The molecule has 2 aromatic rings. The van der Waals surface area contributed by atoms with Gasteiger partial charge in [0.15, 0.2) is 0 Å².